The molecule has 6 aromatic rings. The predicted octanol–water partition coefficient (Wildman–Crippen LogP) is 4.73. The molecular formula is C24H16N6OS. The molecule has 0 amide bonds. The predicted molar refractivity (Wildman–Crippen MR) is 123 cm³/mol. The van der Waals surface area contributed by atoms with Gasteiger partial charge in [-0.2, -0.15) is 0 Å². The van der Waals surface area contributed by atoms with Crippen LogP contribution >= 0.6 is 0 Å². The van der Waals surface area contributed by atoms with E-state index in [1.165, 1.54) is 0 Å². The van der Waals surface area contributed by atoms with E-state index in [2.05, 4.69) is 29.9 Å². The van der Waals surface area contributed by atoms with Crippen LogP contribution in [0.15, 0.2) is 95.5 Å². The van der Waals surface area contributed by atoms with Gasteiger partial charge in [-0.1, -0.05) is 36.4 Å². The first-order valence-electron chi connectivity index (χ1n) is 10.00. The van der Waals surface area contributed by atoms with E-state index in [1.807, 2.05) is 72.8 Å². The summed E-state index contributed by atoms with van der Waals surface area (Å²) in [5.41, 5.74) is 6.41. The number of fused-ring (bicyclic) bond motifs is 2. The average molecular weight is 437 g/mol. The molecule has 7 nitrogen and oxygen atoms in total. The van der Waals surface area contributed by atoms with Gasteiger partial charge in [-0.25, -0.2) is 14.2 Å². The van der Waals surface area contributed by atoms with Gasteiger partial charge in [0.2, 0.25) is 10.3 Å². The van der Waals surface area contributed by atoms with Gasteiger partial charge in [0, 0.05) is 23.5 Å². The Labute approximate surface area is 185 Å². The summed E-state index contributed by atoms with van der Waals surface area (Å²) in [6, 6.07) is 23.1. The van der Waals surface area contributed by atoms with Crippen LogP contribution in [-0.4, -0.2) is 34.1 Å². The van der Waals surface area contributed by atoms with E-state index in [1.54, 1.807) is 12.4 Å². The molecule has 0 radical (unpaired) electrons. The van der Waals surface area contributed by atoms with Crippen molar-refractivity contribution in [3.05, 3.63) is 85.2 Å². The third-order valence-electron chi connectivity index (χ3n) is 5.21. The molecule has 4 aromatic heterocycles. The van der Waals surface area contributed by atoms with E-state index in [-0.39, 0.29) is 0 Å². The molecule has 0 bridgehead atoms. The van der Waals surface area contributed by atoms with Crippen molar-refractivity contribution in [1.29, 1.82) is 0 Å². The Hall–Kier alpha value is -4.17. The summed E-state index contributed by atoms with van der Waals surface area (Å²) in [5, 5.41) is 0.670. The summed E-state index contributed by atoms with van der Waals surface area (Å²) in [7, 11) is -1.62. The summed E-state index contributed by atoms with van der Waals surface area (Å²) >= 11 is 0. The molecular weight excluding hydrogens is 420 g/mol. The lowest BCUT2D eigenvalue weighted by molar-refractivity contribution is 0.672. The standard InChI is InChI=1S/C24H16N6OS/c31-32(23-27-19-11-5-7-15(21(19)29-23)17-9-1-3-13-25-17)24-28-20-12-6-8-16(22(20)30-24)18-10-2-4-14-26-18/h1-14H,(H,27,29)(H,28,30). The van der Waals surface area contributed by atoms with E-state index < -0.39 is 10.8 Å². The van der Waals surface area contributed by atoms with Gasteiger partial charge in [0.25, 0.3) is 0 Å². The molecule has 0 saturated carbocycles. The Morgan fingerprint density at radius 1 is 0.594 bits per heavy atom. The van der Waals surface area contributed by atoms with Gasteiger partial charge in [-0.05, 0) is 36.4 Å². The van der Waals surface area contributed by atoms with E-state index in [0.29, 0.717) is 10.3 Å². The lowest BCUT2D eigenvalue weighted by Gasteiger charge is -2.00. The van der Waals surface area contributed by atoms with Crippen molar-refractivity contribution in [3.8, 4) is 22.5 Å². The number of benzene rings is 2. The summed E-state index contributed by atoms with van der Waals surface area (Å²) in [6.07, 6.45) is 3.49. The molecule has 0 saturated heterocycles. The molecule has 32 heavy (non-hydrogen) atoms. The van der Waals surface area contributed by atoms with Crippen molar-refractivity contribution < 1.29 is 4.21 Å². The molecule has 0 atom stereocenters. The number of para-hydroxylation sites is 2. The first kappa shape index (κ1) is 18.6. The topological polar surface area (TPSA) is 100 Å². The summed E-state index contributed by atoms with van der Waals surface area (Å²) in [4.78, 5) is 24.5. The number of aromatic amines is 2. The van der Waals surface area contributed by atoms with Crippen LogP contribution in [0.5, 0.6) is 0 Å². The first-order valence-corrected chi connectivity index (χ1v) is 11.1. The smallest absolute Gasteiger partial charge is 0.205 e. The van der Waals surface area contributed by atoms with E-state index >= 15 is 0 Å². The van der Waals surface area contributed by atoms with Crippen LogP contribution in [0.1, 0.15) is 0 Å². The Morgan fingerprint density at radius 2 is 1.09 bits per heavy atom. The van der Waals surface area contributed by atoms with Crippen LogP contribution in [0.2, 0.25) is 0 Å². The number of hydrogen-bond acceptors (Lipinski definition) is 5. The van der Waals surface area contributed by atoms with Crippen molar-refractivity contribution in [2.45, 2.75) is 10.3 Å². The molecule has 6 rings (SSSR count). The quantitative estimate of drug-likeness (QED) is 0.416. The van der Waals surface area contributed by atoms with Crippen molar-refractivity contribution in [2.75, 3.05) is 0 Å². The highest BCUT2D eigenvalue weighted by Crippen LogP contribution is 2.29. The fourth-order valence-electron chi connectivity index (χ4n) is 3.74. The number of hydrogen-bond donors (Lipinski definition) is 2. The minimum atomic E-state index is -1.62. The van der Waals surface area contributed by atoms with Crippen LogP contribution in [0.25, 0.3) is 44.6 Å². The number of nitrogens with zero attached hydrogens (tertiary/aromatic N) is 4. The maximum absolute atomic E-state index is 13.4. The van der Waals surface area contributed by atoms with E-state index in [0.717, 1.165) is 44.6 Å². The molecule has 0 unspecified atom stereocenters. The maximum atomic E-state index is 13.4. The minimum absolute atomic E-state index is 0.335. The van der Waals surface area contributed by atoms with Gasteiger partial charge < -0.3 is 9.97 Å². The Balaban J connectivity index is 1.44. The fraction of sp³-hybridized carbons (Fsp3) is 0. The third kappa shape index (κ3) is 3.09. The molecule has 0 aliphatic rings. The lowest BCUT2D eigenvalue weighted by atomic mass is 10.1. The third-order valence-corrected chi connectivity index (χ3v) is 6.30. The second kappa shape index (κ2) is 7.51. The van der Waals surface area contributed by atoms with E-state index in [4.69, 9.17) is 0 Å². The molecule has 0 aliphatic carbocycles. The number of H-pyrrole nitrogens is 2. The molecule has 2 N–H and O–H groups in total. The molecule has 0 fully saturated rings. The van der Waals surface area contributed by atoms with Crippen molar-refractivity contribution in [1.82, 2.24) is 29.9 Å². The van der Waals surface area contributed by atoms with Crippen molar-refractivity contribution >= 4 is 32.9 Å². The molecule has 4 heterocycles. The first-order chi connectivity index (χ1) is 15.8. The zero-order valence-electron chi connectivity index (χ0n) is 16.7. The van der Waals surface area contributed by atoms with Crippen molar-refractivity contribution in [3.63, 3.8) is 0 Å². The fourth-order valence-corrected chi connectivity index (χ4v) is 4.68. The summed E-state index contributed by atoms with van der Waals surface area (Å²) in [5.74, 6) is 0. The van der Waals surface area contributed by atoms with Crippen LogP contribution in [0.4, 0.5) is 0 Å². The molecule has 0 spiro atoms. The van der Waals surface area contributed by atoms with Gasteiger partial charge in [0.05, 0.1) is 33.5 Å². The van der Waals surface area contributed by atoms with Gasteiger partial charge in [-0.3, -0.25) is 9.97 Å². The van der Waals surface area contributed by atoms with Gasteiger partial charge >= 0.3 is 0 Å². The van der Waals surface area contributed by atoms with Gasteiger partial charge in [0.1, 0.15) is 0 Å². The molecule has 8 heteroatoms. The average Bonchev–Trinajstić information content (AvgIpc) is 3.49. The SMILES string of the molecule is O=S(c1nc2c(-c3ccccn3)cccc2[nH]1)c1nc2c(-c3ccccn3)cccc2[nH]1. The van der Waals surface area contributed by atoms with Crippen molar-refractivity contribution in [2.24, 2.45) is 0 Å². The van der Waals surface area contributed by atoms with Crippen LogP contribution in [0.3, 0.4) is 0 Å². The van der Waals surface area contributed by atoms with Crippen LogP contribution < -0.4 is 0 Å². The molecule has 0 aliphatic heterocycles. The number of rotatable bonds is 4. The number of nitrogens with one attached hydrogen (secondary N) is 2. The number of imidazole rings is 2. The zero-order valence-corrected chi connectivity index (χ0v) is 17.5. The van der Waals surface area contributed by atoms with E-state index in [9.17, 15) is 4.21 Å². The lowest BCUT2D eigenvalue weighted by Crippen LogP contribution is -1.97. The summed E-state index contributed by atoms with van der Waals surface area (Å²) in [6.45, 7) is 0. The Kier molecular flexibility index (Phi) is 4.36. The van der Waals surface area contributed by atoms with Gasteiger partial charge in [0.15, 0.2) is 10.8 Å². The summed E-state index contributed by atoms with van der Waals surface area (Å²) < 4.78 is 13.4. The molecule has 154 valence electrons. The minimum Gasteiger partial charge on any atom is -0.330 e. The Bertz CT molecular complexity index is 1470. The normalized spacial score (nSPS) is 11.5. The highest BCUT2D eigenvalue weighted by atomic mass is 32.2. The van der Waals surface area contributed by atoms with Crippen LogP contribution in [0, 0.1) is 0 Å². The second-order valence-electron chi connectivity index (χ2n) is 7.19. The van der Waals surface area contributed by atoms with Gasteiger partial charge in [-0.15, -0.1) is 0 Å². The monoisotopic (exact) mass is 436 g/mol. The molecule has 2 aromatic carbocycles. The highest BCUT2D eigenvalue weighted by molar-refractivity contribution is 7.84. The largest absolute Gasteiger partial charge is 0.330 e. The highest BCUT2D eigenvalue weighted by Gasteiger charge is 2.19. The maximum Gasteiger partial charge on any atom is 0.205 e. The number of pyridine rings is 2. The second-order valence-corrected chi connectivity index (χ2v) is 8.50. The Morgan fingerprint density at radius 3 is 1.53 bits per heavy atom. The zero-order chi connectivity index (χ0) is 21.5. The number of aromatic nitrogens is 6. The van der Waals surface area contributed by atoms with Crippen LogP contribution in [-0.2, 0) is 10.8 Å².